The number of carbonyl (C=O) groups excluding carboxylic acids is 1. The van der Waals surface area contributed by atoms with Gasteiger partial charge in [-0.15, -0.1) is 0 Å². The highest BCUT2D eigenvalue weighted by atomic mass is 19.1. The van der Waals surface area contributed by atoms with Gasteiger partial charge in [-0.3, -0.25) is 0 Å². The lowest BCUT2D eigenvalue weighted by molar-refractivity contribution is -0.276. The molecule has 0 saturated carbocycles. The number of hydrogen-bond acceptors (Lipinski definition) is 4. The average molecular weight is 452 g/mol. The van der Waals surface area contributed by atoms with Gasteiger partial charge in [0.1, 0.15) is 17.7 Å². The molecule has 0 radical (unpaired) electrons. The van der Waals surface area contributed by atoms with Crippen LogP contribution in [0.15, 0.2) is 36.4 Å². The second kappa shape index (κ2) is 8.32. The van der Waals surface area contributed by atoms with Crippen LogP contribution in [0.3, 0.4) is 0 Å². The van der Waals surface area contributed by atoms with E-state index in [0.717, 1.165) is 49.2 Å². The second-order valence-corrected chi connectivity index (χ2v) is 10.4. The summed E-state index contributed by atoms with van der Waals surface area (Å²) in [6.45, 7) is 9.45. The van der Waals surface area contributed by atoms with Crippen molar-refractivity contribution in [2.24, 2.45) is 11.3 Å². The molecule has 2 bridgehead atoms. The fraction of sp³-hybridized carbons (Fsp3) is 0.519. The zero-order chi connectivity index (χ0) is 23.3. The minimum Gasteiger partial charge on any atom is -0.530 e. The summed E-state index contributed by atoms with van der Waals surface area (Å²) in [5.74, 6) is 0.717. The molecule has 33 heavy (non-hydrogen) atoms. The lowest BCUT2D eigenvalue weighted by atomic mass is 9.79. The van der Waals surface area contributed by atoms with Gasteiger partial charge < -0.3 is 24.4 Å². The average Bonchev–Trinajstić information content (AvgIpc) is 3.04. The van der Waals surface area contributed by atoms with Gasteiger partial charge in [0, 0.05) is 18.2 Å². The smallest absolute Gasteiger partial charge is 0.137 e. The Kier molecular flexibility index (Phi) is 5.60. The highest BCUT2D eigenvalue weighted by Gasteiger charge is 2.48. The molecule has 2 aromatic rings. The number of carboxylic acid groups (broad SMARTS) is 1. The molecule has 3 aliphatic heterocycles. The maximum absolute atomic E-state index is 15.5. The minimum absolute atomic E-state index is 0.0988. The van der Waals surface area contributed by atoms with Crippen molar-refractivity contribution in [3.8, 4) is 16.9 Å². The summed E-state index contributed by atoms with van der Waals surface area (Å²) in [5.41, 5.74) is 2.72. The minimum atomic E-state index is -1.14. The molecule has 6 heteroatoms. The van der Waals surface area contributed by atoms with Crippen molar-refractivity contribution in [1.82, 2.24) is 9.80 Å². The zero-order valence-electron chi connectivity index (χ0n) is 19.6. The van der Waals surface area contributed by atoms with Crippen molar-refractivity contribution < 1.29 is 19.0 Å². The van der Waals surface area contributed by atoms with Gasteiger partial charge >= 0.3 is 0 Å². The quantitative estimate of drug-likeness (QED) is 0.682. The summed E-state index contributed by atoms with van der Waals surface area (Å²) in [4.78, 5) is 16.4. The Bertz CT molecular complexity index is 1060. The monoisotopic (exact) mass is 451 g/mol. The fourth-order valence-corrected chi connectivity index (χ4v) is 6.40. The van der Waals surface area contributed by atoms with E-state index >= 15 is 4.39 Å². The van der Waals surface area contributed by atoms with E-state index in [1.54, 1.807) is 11.0 Å². The van der Waals surface area contributed by atoms with Crippen LogP contribution in [0.2, 0.25) is 0 Å². The van der Waals surface area contributed by atoms with Crippen molar-refractivity contribution in [2.45, 2.75) is 52.1 Å². The predicted octanol–water partition coefficient (Wildman–Crippen LogP) is 4.25. The number of piperidine rings is 3. The molecule has 2 aromatic carbocycles. The maximum Gasteiger partial charge on any atom is 0.137 e. The molecule has 0 spiro atoms. The van der Waals surface area contributed by atoms with Crippen LogP contribution < -0.4 is 9.84 Å². The largest absolute Gasteiger partial charge is 0.530 e. The first-order valence-electron chi connectivity index (χ1n) is 12.1. The molecule has 2 atom stereocenters. The summed E-state index contributed by atoms with van der Waals surface area (Å²) in [7, 11) is 0. The first-order valence-corrected chi connectivity index (χ1v) is 12.1. The van der Waals surface area contributed by atoms with Gasteiger partial charge in [0.2, 0.25) is 0 Å². The Balaban J connectivity index is 1.55. The van der Waals surface area contributed by atoms with E-state index in [2.05, 4.69) is 18.7 Å². The number of halogens is 1. The number of amides is 1. The molecule has 5 nitrogen and oxygen atoms in total. The van der Waals surface area contributed by atoms with Crippen molar-refractivity contribution >= 4 is 6.09 Å². The SMILES string of the molecule is CCOc1cccc(-c2cc3c(cc2F)[C@H](N(C(=O)[O-])[C@@H]2CN4CCC2CC4)C(C)(C)C3)c1. The number of ether oxygens (including phenoxy) is 1. The number of benzene rings is 2. The van der Waals surface area contributed by atoms with Crippen molar-refractivity contribution in [1.29, 1.82) is 0 Å². The van der Waals surface area contributed by atoms with Crippen LogP contribution in [0.25, 0.3) is 11.1 Å². The Morgan fingerprint density at radius 3 is 2.64 bits per heavy atom. The number of hydrogen-bond donors (Lipinski definition) is 0. The Morgan fingerprint density at radius 2 is 2.00 bits per heavy atom. The van der Waals surface area contributed by atoms with Gasteiger partial charge in [0.25, 0.3) is 0 Å². The van der Waals surface area contributed by atoms with E-state index in [9.17, 15) is 9.90 Å². The summed E-state index contributed by atoms with van der Waals surface area (Å²) >= 11 is 0. The van der Waals surface area contributed by atoms with Gasteiger partial charge in [-0.25, -0.2) is 4.39 Å². The van der Waals surface area contributed by atoms with Crippen LogP contribution in [-0.4, -0.2) is 48.2 Å². The molecule has 4 aliphatic rings. The van der Waals surface area contributed by atoms with E-state index < -0.39 is 12.1 Å². The number of rotatable bonds is 5. The van der Waals surface area contributed by atoms with E-state index in [1.807, 2.05) is 37.3 Å². The van der Waals surface area contributed by atoms with Crippen LogP contribution in [0.1, 0.15) is 50.8 Å². The topological polar surface area (TPSA) is 55.8 Å². The first-order chi connectivity index (χ1) is 15.8. The summed E-state index contributed by atoms with van der Waals surface area (Å²) < 4.78 is 21.1. The van der Waals surface area contributed by atoms with Gasteiger partial charge in [-0.1, -0.05) is 26.0 Å². The highest BCUT2D eigenvalue weighted by Crippen LogP contribution is 2.52. The Morgan fingerprint density at radius 1 is 1.24 bits per heavy atom. The van der Waals surface area contributed by atoms with Gasteiger partial charge in [0.05, 0.1) is 12.6 Å². The molecule has 3 fully saturated rings. The first kappa shape index (κ1) is 22.2. The summed E-state index contributed by atoms with van der Waals surface area (Å²) in [6.07, 6.45) is 1.57. The Labute approximate surface area is 195 Å². The molecular formula is C27H32FN2O3-. The number of fused-ring (bicyclic) bond motifs is 4. The van der Waals surface area contributed by atoms with Crippen LogP contribution >= 0.6 is 0 Å². The molecule has 3 saturated heterocycles. The van der Waals surface area contributed by atoms with Crippen molar-refractivity contribution in [3.63, 3.8) is 0 Å². The molecule has 0 unspecified atom stereocenters. The molecule has 3 heterocycles. The molecule has 176 valence electrons. The summed E-state index contributed by atoms with van der Waals surface area (Å²) in [6, 6.07) is 10.4. The van der Waals surface area contributed by atoms with Crippen LogP contribution in [0.5, 0.6) is 5.75 Å². The third kappa shape index (κ3) is 3.88. The summed E-state index contributed by atoms with van der Waals surface area (Å²) in [5, 5.41) is 12.5. The molecule has 0 N–H and O–H groups in total. The molecule has 6 rings (SSSR count). The maximum atomic E-state index is 15.5. The predicted molar refractivity (Wildman–Crippen MR) is 123 cm³/mol. The Hall–Kier alpha value is -2.60. The molecule has 1 amide bonds. The third-order valence-corrected chi connectivity index (χ3v) is 7.83. The van der Waals surface area contributed by atoms with Gasteiger partial charge in [0.15, 0.2) is 0 Å². The lowest BCUT2D eigenvalue weighted by Crippen LogP contribution is -2.62. The third-order valence-electron chi connectivity index (χ3n) is 7.83. The van der Waals surface area contributed by atoms with E-state index in [0.29, 0.717) is 30.3 Å². The van der Waals surface area contributed by atoms with Crippen molar-refractivity contribution in [2.75, 3.05) is 26.2 Å². The number of carbonyl (C=O) groups is 1. The van der Waals surface area contributed by atoms with Crippen LogP contribution in [-0.2, 0) is 6.42 Å². The van der Waals surface area contributed by atoms with Crippen LogP contribution in [0.4, 0.5) is 9.18 Å². The standard InChI is InChI=1S/C27H33FN2O3/c1-4-33-20-7-5-6-18(12-20)21-13-19-15-27(2,3)25(22(19)14-23(21)28)30(26(31)32)24-16-29-10-8-17(24)9-11-29/h5-7,12-14,17,24-25H,4,8-11,15-16H2,1-3H3,(H,31,32)/p-1/t24-,25+/m1/s1. The van der Waals surface area contributed by atoms with Crippen LogP contribution in [0, 0.1) is 17.2 Å². The molecule has 0 aromatic heterocycles. The zero-order valence-corrected chi connectivity index (χ0v) is 19.6. The number of nitrogens with zero attached hydrogens (tertiary/aromatic N) is 2. The normalized spacial score (nSPS) is 27.3. The van der Waals surface area contributed by atoms with E-state index in [4.69, 9.17) is 4.74 Å². The van der Waals surface area contributed by atoms with Gasteiger partial charge in [-0.05, 0) is 91.6 Å². The van der Waals surface area contributed by atoms with E-state index in [-0.39, 0.29) is 17.3 Å². The van der Waals surface area contributed by atoms with Gasteiger partial charge in [-0.2, -0.15) is 0 Å². The van der Waals surface area contributed by atoms with Crippen molar-refractivity contribution in [3.05, 3.63) is 53.3 Å². The lowest BCUT2D eigenvalue weighted by Gasteiger charge is -2.53. The fourth-order valence-electron chi connectivity index (χ4n) is 6.40. The van der Waals surface area contributed by atoms with E-state index in [1.165, 1.54) is 0 Å². The molecular weight excluding hydrogens is 419 g/mol. The molecule has 1 aliphatic carbocycles. The second-order valence-electron chi connectivity index (χ2n) is 10.4. The highest BCUT2D eigenvalue weighted by molar-refractivity contribution is 5.69.